The lowest BCUT2D eigenvalue weighted by Crippen LogP contribution is -2.46. The first-order valence-electron chi connectivity index (χ1n) is 6.47. The highest BCUT2D eigenvalue weighted by atomic mass is 16.5. The summed E-state index contributed by atoms with van der Waals surface area (Å²) >= 11 is 0. The van der Waals surface area contributed by atoms with Crippen LogP contribution < -0.4 is 15.4 Å². The van der Waals surface area contributed by atoms with Crippen LogP contribution in [-0.4, -0.2) is 29.8 Å². The van der Waals surface area contributed by atoms with Crippen LogP contribution in [0.15, 0.2) is 24.3 Å². The van der Waals surface area contributed by atoms with E-state index < -0.39 is 18.0 Å². The Hall–Kier alpha value is -2.24. The van der Waals surface area contributed by atoms with E-state index in [4.69, 9.17) is 9.84 Å². The zero-order valence-corrected chi connectivity index (χ0v) is 11.8. The van der Waals surface area contributed by atoms with Crippen molar-refractivity contribution in [2.75, 3.05) is 11.9 Å². The summed E-state index contributed by atoms with van der Waals surface area (Å²) in [5.74, 6) is -0.538. The molecular weight excluding hydrogens is 260 g/mol. The van der Waals surface area contributed by atoms with Gasteiger partial charge < -0.3 is 20.5 Å². The summed E-state index contributed by atoms with van der Waals surface area (Å²) in [4.78, 5) is 22.7. The SMILES string of the molecule is CCOc1ccc(NC(=O)N[C@H](C(=O)O)C(C)C)cc1. The minimum Gasteiger partial charge on any atom is -0.494 e. The average Bonchev–Trinajstić information content (AvgIpc) is 2.38. The number of anilines is 1. The van der Waals surface area contributed by atoms with E-state index in [1.165, 1.54) is 0 Å². The summed E-state index contributed by atoms with van der Waals surface area (Å²) in [7, 11) is 0. The number of ether oxygens (including phenoxy) is 1. The zero-order chi connectivity index (χ0) is 15.1. The van der Waals surface area contributed by atoms with E-state index in [1.807, 2.05) is 6.92 Å². The summed E-state index contributed by atoms with van der Waals surface area (Å²) in [6, 6.07) is 5.38. The molecule has 3 N–H and O–H groups in total. The highest BCUT2D eigenvalue weighted by molar-refractivity contribution is 5.92. The van der Waals surface area contributed by atoms with Gasteiger partial charge in [0.25, 0.3) is 0 Å². The zero-order valence-electron chi connectivity index (χ0n) is 11.8. The molecule has 0 aliphatic carbocycles. The fourth-order valence-corrected chi connectivity index (χ4v) is 1.62. The molecule has 0 saturated carbocycles. The standard InChI is InChI=1S/C14H20N2O4/c1-4-20-11-7-5-10(6-8-11)15-14(19)16-12(9(2)3)13(17)18/h5-9,12H,4H2,1-3H3,(H,17,18)(H2,15,16,19)/t12-/m0/s1. The van der Waals surface area contributed by atoms with Crippen LogP contribution in [0.25, 0.3) is 0 Å². The monoisotopic (exact) mass is 280 g/mol. The van der Waals surface area contributed by atoms with Gasteiger partial charge in [-0.15, -0.1) is 0 Å². The van der Waals surface area contributed by atoms with Crippen molar-refractivity contribution in [3.8, 4) is 5.75 Å². The topological polar surface area (TPSA) is 87.7 Å². The second kappa shape index (κ2) is 7.37. The third kappa shape index (κ3) is 4.79. The summed E-state index contributed by atoms with van der Waals surface area (Å²) in [6.45, 7) is 5.92. The predicted octanol–water partition coefficient (Wildman–Crippen LogP) is 2.32. The third-order valence-electron chi connectivity index (χ3n) is 2.64. The Labute approximate surface area is 118 Å². The molecule has 0 bridgehead atoms. The second-order valence-corrected chi connectivity index (χ2v) is 4.62. The number of hydrogen-bond donors (Lipinski definition) is 3. The van der Waals surface area contributed by atoms with E-state index in [0.29, 0.717) is 18.0 Å². The number of amides is 2. The Morgan fingerprint density at radius 3 is 2.30 bits per heavy atom. The molecule has 6 heteroatoms. The number of aliphatic carboxylic acids is 1. The van der Waals surface area contributed by atoms with E-state index in [2.05, 4.69) is 10.6 Å². The third-order valence-corrected chi connectivity index (χ3v) is 2.64. The Morgan fingerprint density at radius 2 is 1.85 bits per heavy atom. The van der Waals surface area contributed by atoms with Gasteiger partial charge in [0.1, 0.15) is 11.8 Å². The van der Waals surface area contributed by atoms with Crippen molar-refractivity contribution in [1.82, 2.24) is 5.32 Å². The van der Waals surface area contributed by atoms with Gasteiger partial charge in [-0.2, -0.15) is 0 Å². The molecule has 110 valence electrons. The van der Waals surface area contributed by atoms with Crippen molar-refractivity contribution in [2.45, 2.75) is 26.8 Å². The number of carboxylic acids is 1. The molecule has 1 rings (SSSR count). The van der Waals surface area contributed by atoms with Crippen molar-refractivity contribution < 1.29 is 19.4 Å². The van der Waals surface area contributed by atoms with Gasteiger partial charge in [-0.25, -0.2) is 9.59 Å². The highest BCUT2D eigenvalue weighted by Crippen LogP contribution is 2.15. The number of rotatable bonds is 6. The minimum absolute atomic E-state index is 0.196. The molecule has 20 heavy (non-hydrogen) atoms. The highest BCUT2D eigenvalue weighted by Gasteiger charge is 2.23. The van der Waals surface area contributed by atoms with Crippen LogP contribution >= 0.6 is 0 Å². The number of carbonyl (C=O) groups excluding carboxylic acids is 1. The lowest BCUT2D eigenvalue weighted by atomic mass is 10.1. The Bertz CT molecular complexity index is 457. The molecule has 0 saturated heterocycles. The molecule has 0 fully saturated rings. The van der Waals surface area contributed by atoms with E-state index in [0.717, 1.165) is 0 Å². The van der Waals surface area contributed by atoms with Crippen LogP contribution in [0.2, 0.25) is 0 Å². The molecule has 1 aromatic rings. The molecule has 0 spiro atoms. The van der Waals surface area contributed by atoms with Crippen LogP contribution in [0, 0.1) is 5.92 Å². The lowest BCUT2D eigenvalue weighted by molar-refractivity contribution is -0.140. The number of nitrogens with one attached hydrogen (secondary N) is 2. The van der Waals surface area contributed by atoms with Gasteiger partial charge in [0.2, 0.25) is 0 Å². The summed E-state index contributed by atoms with van der Waals surface area (Å²) in [6.07, 6.45) is 0. The quantitative estimate of drug-likeness (QED) is 0.746. The average molecular weight is 280 g/mol. The van der Waals surface area contributed by atoms with Crippen LogP contribution in [0.1, 0.15) is 20.8 Å². The number of carbonyl (C=O) groups is 2. The van der Waals surface area contributed by atoms with Crippen LogP contribution in [-0.2, 0) is 4.79 Å². The van der Waals surface area contributed by atoms with Crippen molar-refractivity contribution in [2.24, 2.45) is 5.92 Å². The molecule has 0 aliphatic heterocycles. The minimum atomic E-state index is -1.05. The predicted molar refractivity (Wildman–Crippen MR) is 76.0 cm³/mol. The molecule has 0 unspecified atom stereocenters. The van der Waals surface area contributed by atoms with Crippen LogP contribution in [0.5, 0.6) is 5.75 Å². The van der Waals surface area contributed by atoms with Gasteiger partial charge in [0.05, 0.1) is 6.61 Å². The lowest BCUT2D eigenvalue weighted by Gasteiger charge is -2.18. The maximum Gasteiger partial charge on any atom is 0.326 e. The Morgan fingerprint density at radius 1 is 1.25 bits per heavy atom. The number of carboxylic acid groups (broad SMARTS) is 1. The maximum atomic E-state index is 11.7. The fraction of sp³-hybridized carbons (Fsp3) is 0.429. The number of benzene rings is 1. The van der Waals surface area contributed by atoms with Gasteiger partial charge in [-0.1, -0.05) is 13.8 Å². The molecule has 0 aromatic heterocycles. The summed E-state index contributed by atoms with van der Waals surface area (Å²) in [5.41, 5.74) is 0.568. The van der Waals surface area contributed by atoms with Crippen molar-refractivity contribution >= 4 is 17.7 Å². The molecule has 0 radical (unpaired) electrons. The van der Waals surface area contributed by atoms with Crippen LogP contribution in [0.4, 0.5) is 10.5 Å². The summed E-state index contributed by atoms with van der Waals surface area (Å²) in [5, 5.41) is 14.0. The van der Waals surface area contributed by atoms with E-state index in [1.54, 1.807) is 38.1 Å². The number of hydrogen-bond acceptors (Lipinski definition) is 3. The van der Waals surface area contributed by atoms with E-state index in [-0.39, 0.29) is 5.92 Å². The van der Waals surface area contributed by atoms with Crippen molar-refractivity contribution in [3.63, 3.8) is 0 Å². The molecule has 1 aromatic carbocycles. The summed E-state index contributed by atoms with van der Waals surface area (Å²) < 4.78 is 5.29. The van der Waals surface area contributed by atoms with Crippen molar-refractivity contribution in [1.29, 1.82) is 0 Å². The molecule has 6 nitrogen and oxygen atoms in total. The first-order chi connectivity index (χ1) is 9.43. The number of urea groups is 1. The van der Waals surface area contributed by atoms with Gasteiger partial charge in [-0.05, 0) is 37.1 Å². The van der Waals surface area contributed by atoms with E-state index >= 15 is 0 Å². The smallest absolute Gasteiger partial charge is 0.326 e. The maximum absolute atomic E-state index is 11.7. The Kier molecular flexibility index (Phi) is 5.83. The molecule has 2 amide bonds. The second-order valence-electron chi connectivity index (χ2n) is 4.62. The first kappa shape index (κ1) is 15.8. The van der Waals surface area contributed by atoms with Gasteiger partial charge in [0.15, 0.2) is 0 Å². The molecule has 0 heterocycles. The van der Waals surface area contributed by atoms with E-state index in [9.17, 15) is 9.59 Å². The van der Waals surface area contributed by atoms with Gasteiger partial charge in [0, 0.05) is 5.69 Å². The first-order valence-corrected chi connectivity index (χ1v) is 6.47. The Balaban J connectivity index is 2.59. The molecular formula is C14H20N2O4. The van der Waals surface area contributed by atoms with Crippen LogP contribution in [0.3, 0.4) is 0 Å². The van der Waals surface area contributed by atoms with Gasteiger partial charge >= 0.3 is 12.0 Å². The largest absolute Gasteiger partial charge is 0.494 e. The normalized spacial score (nSPS) is 11.8. The van der Waals surface area contributed by atoms with Gasteiger partial charge in [-0.3, -0.25) is 0 Å². The van der Waals surface area contributed by atoms with Crippen molar-refractivity contribution in [3.05, 3.63) is 24.3 Å². The molecule has 1 atom stereocenters. The molecule has 0 aliphatic rings. The fourth-order valence-electron chi connectivity index (χ4n) is 1.62.